The fourth-order valence-electron chi connectivity index (χ4n) is 1.52. The first-order valence-corrected chi connectivity index (χ1v) is 6.85. The Kier molecular flexibility index (Phi) is 4.34. The molecule has 2 N–H and O–H groups in total. The van der Waals surface area contributed by atoms with Crippen LogP contribution in [0.25, 0.3) is 0 Å². The fourth-order valence-corrected chi connectivity index (χ4v) is 2.40. The summed E-state index contributed by atoms with van der Waals surface area (Å²) in [6, 6.07) is 1.43. The van der Waals surface area contributed by atoms with E-state index in [1.165, 1.54) is 12.3 Å². The van der Waals surface area contributed by atoms with Crippen LogP contribution in [0.5, 0.6) is 0 Å². The van der Waals surface area contributed by atoms with Crippen molar-refractivity contribution < 1.29 is 9.90 Å². The summed E-state index contributed by atoms with van der Waals surface area (Å²) in [5.41, 5.74) is 0.0427. The van der Waals surface area contributed by atoms with Crippen LogP contribution in [0.4, 0.5) is 5.82 Å². The topological polar surface area (TPSA) is 75.1 Å². The monoisotopic (exact) mass is 297 g/mol. The lowest BCUT2D eigenvalue weighted by atomic mass is 10.2. The van der Waals surface area contributed by atoms with E-state index >= 15 is 0 Å². The Labute approximate surface area is 119 Å². The molecule has 2 heterocycles. The Bertz CT molecular complexity index is 574. The van der Waals surface area contributed by atoms with E-state index in [9.17, 15) is 4.79 Å². The number of carboxylic acids is 1. The highest BCUT2D eigenvalue weighted by molar-refractivity contribution is 7.09. The SMILES string of the molecule is CC(CNc1cc(C(=O)O)c(Cl)cn1)c1nccs1. The van der Waals surface area contributed by atoms with Gasteiger partial charge < -0.3 is 10.4 Å². The molecule has 0 aliphatic carbocycles. The molecule has 1 unspecified atom stereocenters. The van der Waals surface area contributed by atoms with Gasteiger partial charge in [0.1, 0.15) is 5.82 Å². The minimum absolute atomic E-state index is 0.0427. The smallest absolute Gasteiger partial charge is 0.337 e. The quantitative estimate of drug-likeness (QED) is 0.887. The van der Waals surface area contributed by atoms with E-state index in [4.69, 9.17) is 16.7 Å². The number of aromatic nitrogens is 2. The molecule has 0 radical (unpaired) electrons. The predicted octanol–water partition coefficient (Wildman–Crippen LogP) is 3.11. The van der Waals surface area contributed by atoms with Gasteiger partial charge >= 0.3 is 5.97 Å². The third-order valence-electron chi connectivity index (χ3n) is 2.55. The van der Waals surface area contributed by atoms with Gasteiger partial charge in [-0.3, -0.25) is 0 Å². The molecule has 0 fully saturated rings. The average molecular weight is 298 g/mol. The molecule has 0 amide bonds. The third-order valence-corrected chi connectivity index (χ3v) is 3.86. The van der Waals surface area contributed by atoms with E-state index in [1.54, 1.807) is 17.5 Å². The van der Waals surface area contributed by atoms with Crippen LogP contribution in [-0.4, -0.2) is 27.6 Å². The number of carboxylic acid groups (broad SMARTS) is 1. The van der Waals surface area contributed by atoms with Crippen molar-refractivity contribution in [1.82, 2.24) is 9.97 Å². The summed E-state index contributed by atoms with van der Waals surface area (Å²) >= 11 is 7.35. The molecule has 100 valence electrons. The fraction of sp³-hybridized carbons (Fsp3) is 0.250. The second kappa shape index (κ2) is 5.99. The number of pyridine rings is 1. The first-order valence-electron chi connectivity index (χ1n) is 5.60. The van der Waals surface area contributed by atoms with Crippen molar-refractivity contribution >= 4 is 34.7 Å². The summed E-state index contributed by atoms with van der Waals surface area (Å²) in [7, 11) is 0. The third kappa shape index (κ3) is 3.42. The van der Waals surface area contributed by atoms with Gasteiger partial charge in [-0.05, 0) is 6.07 Å². The average Bonchev–Trinajstić information content (AvgIpc) is 2.91. The summed E-state index contributed by atoms with van der Waals surface area (Å²) in [6.45, 7) is 2.67. The van der Waals surface area contributed by atoms with Gasteiger partial charge in [0, 0.05) is 30.2 Å². The number of thiazole rings is 1. The summed E-state index contributed by atoms with van der Waals surface area (Å²) in [5.74, 6) is -0.348. The van der Waals surface area contributed by atoms with Crippen LogP contribution < -0.4 is 5.32 Å². The van der Waals surface area contributed by atoms with Gasteiger partial charge in [0.2, 0.25) is 0 Å². The molecule has 19 heavy (non-hydrogen) atoms. The molecular weight excluding hydrogens is 286 g/mol. The highest BCUT2D eigenvalue weighted by Gasteiger charge is 2.12. The number of hydrogen-bond acceptors (Lipinski definition) is 5. The van der Waals surface area contributed by atoms with Crippen LogP contribution >= 0.6 is 22.9 Å². The van der Waals surface area contributed by atoms with Crippen molar-refractivity contribution in [2.75, 3.05) is 11.9 Å². The number of nitrogens with one attached hydrogen (secondary N) is 1. The highest BCUT2D eigenvalue weighted by Crippen LogP contribution is 2.20. The summed E-state index contributed by atoms with van der Waals surface area (Å²) < 4.78 is 0. The molecule has 0 bridgehead atoms. The maximum atomic E-state index is 11.0. The van der Waals surface area contributed by atoms with Crippen molar-refractivity contribution in [1.29, 1.82) is 0 Å². The standard InChI is InChI=1S/C12H12ClN3O2S/c1-7(11-14-2-3-19-11)5-15-10-4-8(12(17)18)9(13)6-16-10/h2-4,6-7H,5H2,1H3,(H,15,16)(H,17,18). The minimum Gasteiger partial charge on any atom is -0.478 e. The van der Waals surface area contributed by atoms with E-state index in [2.05, 4.69) is 15.3 Å². The number of halogens is 1. The number of anilines is 1. The van der Waals surface area contributed by atoms with E-state index in [-0.39, 0.29) is 16.5 Å². The second-order valence-electron chi connectivity index (χ2n) is 4.01. The Morgan fingerprint density at radius 2 is 2.37 bits per heavy atom. The Balaban J connectivity index is 2.04. The molecule has 2 aromatic rings. The molecule has 5 nitrogen and oxygen atoms in total. The van der Waals surface area contributed by atoms with Gasteiger partial charge in [0.05, 0.1) is 15.6 Å². The number of carbonyl (C=O) groups is 1. The van der Waals surface area contributed by atoms with Gasteiger partial charge in [-0.25, -0.2) is 14.8 Å². The van der Waals surface area contributed by atoms with Crippen molar-refractivity contribution in [2.45, 2.75) is 12.8 Å². The van der Waals surface area contributed by atoms with E-state index < -0.39 is 5.97 Å². The van der Waals surface area contributed by atoms with E-state index in [0.29, 0.717) is 12.4 Å². The lowest BCUT2D eigenvalue weighted by Crippen LogP contribution is -2.11. The Hall–Kier alpha value is -1.66. The molecular formula is C12H12ClN3O2S. The van der Waals surface area contributed by atoms with Crippen LogP contribution in [0, 0.1) is 0 Å². The van der Waals surface area contributed by atoms with Crippen LogP contribution in [0.1, 0.15) is 28.2 Å². The molecule has 7 heteroatoms. The molecule has 0 spiro atoms. The molecule has 0 aliphatic heterocycles. The van der Waals surface area contributed by atoms with Gasteiger partial charge in [-0.2, -0.15) is 0 Å². The predicted molar refractivity (Wildman–Crippen MR) is 75.2 cm³/mol. The molecule has 1 atom stereocenters. The van der Waals surface area contributed by atoms with Crippen LogP contribution in [0.3, 0.4) is 0 Å². The Morgan fingerprint density at radius 3 is 3.00 bits per heavy atom. The van der Waals surface area contributed by atoms with E-state index in [1.807, 2.05) is 12.3 Å². The number of rotatable bonds is 5. The van der Waals surface area contributed by atoms with Crippen molar-refractivity contribution in [3.8, 4) is 0 Å². The molecule has 0 saturated heterocycles. The highest BCUT2D eigenvalue weighted by atomic mass is 35.5. The molecule has 0 saturated carbocycles. The molecule has 2 aromatic heterocycles. The largest absolute Gasteiger partial charge is 0.478 e. The van der Waals surface area contributed by atoms with Crippen LogP contribution in [-0.2, 0) is 0 Å². The minimum atomic E-state index is -1.07. The number of aromatic carboxylic acids is 1. The lowest BCUT2D eigenvalue weighted by Gasteiger charge is -2.11. The first kappa shape index (κ1) is 13.8. The maximum absolute atomic E-state index is 11.0. The van der Waals surface area contributed by atoms with Crippen LogP contribution in [0.2, 0.25) is 5.02 Å². The van der Waals surface area contributed by atoms with Gasteiger partial charge in [-0.15, -0.1) is 11.3 Å². The van der Waals surface area contributed by atoms with Crippen molar-refractivity contribution in [3.63, 3.8) is 0 Å². The lowest BCUT2D eigenvalue weighted by molar-refractivity contribution is 0.0697. The maximum Gasteiger partial charge on any atom is 0.337 e. The Morgan fingerprint density at radius 1 is 1.58 bits per heavy atom. The van der Waals surface area contributed by atoms with Gasteiger partial charge in [0.25, 0.3) is 0 Å². The number of nitrogens with zero attached hydrogens (tertiary/aromatic N) is 2. The second-order valence-corrected chi connectivity index (χ2v) is 5.34. The van der Waals surface area contributed by atoms with Gasteiger partial charge in [0.15, 0.2) is 0 Å². The molecule has 2 rings (SSSR count). The molecule has 0 aromatic carbocycles. The number of hydrogen-bond donors (Lipinski definition) is 2. The summed E-state index contributed by atoms with van der Waals surface area (Å²) in [6.07, 6.45) is 3.10. The zero-order chi connectivity index (χ0) is 13.8. The first-order chi connectivity index (χ1) is 9.08. The van der Waals surface area contributed by atoms with Crippen molar-refractivity contribution in [3.05, 3.63) is 39.4 Å². The summed E-state index contributed by atoms with van der Waals surface area (Å²) in [5, 5.41) is 15.1. The normalized spacial score (nSPS) is 12.1. The summed E-state index contributed by atoms with van der Waals surface area (Å²) in [4.78, 5) is 19.2. The zero-order valence-corrected chi connectivity index (χ0v) is 11.7. The molecule has 0 aliphatic rings. The van der Waals surface area contributed by atoms with Crippen molar-refractivity contribution in [2.24, 2.45) is 0 Å². The van der Waals surface area contributed by atoms with Crippen LogP contribution in [0.15, 0.2) is 23.8 Å². The zero-order valence-electron chi connectivity index (χ0n) is 10.1. The van der Waals surface area contributed by atoms with E-state index in [0.717, 1.165) is 5.01 Å². The van der Waals surface area contributed by atoms with Gasteiger partial charge in [-0.1, -0.05) is 18.5 Å².